The van der Waals surface area contributed by atoms with Crippen molar-refractivity contribution in [3.05, 3.63) is 28.2 Å². The molecule has 0 aliphatic rings. The van der Waals surface area contributed by atoms with Crippen LogP contribution in [0.4, 0.5) is 5.69 Å². The van der Waals surface area contributed by atoms with E-state index in [0.717, 1.165) is 19.3 Å². The minimum atomic E-state index is -1.75. The Kier molecular flexibility index (Phi) is 14.6. The van der Waals surface area contributed by atoms with Gasteiger partial charge in [0.15, 0.2) is 0 Å². The highest BCUT2D eigenvalue weighted by Gasteiger charge is 2.34. The molecule has 0 radical (unpaired) electrons. The van der Waals surface area contributed by atoms with Gasteiger partial charge in [-0.2, -0.15) is 0 Å². The first-order chi connectivity index (χ1) is 14.2. The van der Waals surface area contributed by atoms with Crippen LogP contribution in [0.3, 0.4) is 0 Å². The van der Waals surface area contributed by atoms with Gasteiger partial charge in [-0.15, -0.1) is 0 Å². The minimum Gasteiger partial charge on any atom is -0.361 e. The molecule has 172 valence electrons. The van der Waals surface area contributed by atoms with E-state index in [4.69, 9.17) is 58.0 Å². The Bertz CT molecular complexity index is 622. The van der Waals surface area contributed by atoms with E-state index in [1.54, 1.807) is 18.2 Å². The van der Waals surface area contributed by atoms with Gasteiger partial charge < -0.3 is 10.6 Å². The zero-order valence-electron chi connectivity index (χ0n) is 17.6. The average Bonchev–Trinajstić information content (AvgIpc) is 2.67. The van der Waals surface area contributed by atoms with E-state index in [9.17, 15) is 4.79 Å². The zero-order valence-corrected chi connectivity index (χ0v) is 21.4. The summed E-state index contributed by atoms with van der Waals surface area (Å²) in [6.07, 6.45) is 12.9. The summed E-state index contributed by atoms with van der Waals surface area (Å²) in [5, 5.41) is 6.60. The maximum absolute atomic E-state index is 12.3. The molecule has 1 rings (SSSR count). The Morgan fingerprint density at radius 2 is 1.43 bits per heavy atom. The lowest BCUT2D eigenvalue weighted by Gasteiger charge is -2.28. The second-order valence-corrected chi connectivity index (χ2v) is 10.8. The van der Waals surface area contributed by atoms with Gasteiger partial charge in [-0.05, 0) is 24.6 Å². The Balaban J connectivity index is 2.27. The number of carbonyl (C=O) groups is 1. The third-order valence-electron chi connectivity index (χ3n) is 4.87. The smallest absolute Gasteiger partial charge is 0.228 e. The van der Waals surface area contributed by atoms with Crippen molar-refractivity contribution in [2.24, 2.45) is 0 Å². The highest BCUT2D eigenvalue weighted by atomic mass is 35.6. The van der Waals surface area contributed by atoms with Crippen LogP contribution in [0, 0.1) is 0 Å². The fourth-order valence-electron chi connectivity index (χ4n) is 3.15. The van der Waals surface area contributed by atoms with Crippen LogP contribution in [0.15, 0.2) is 18.2 Å². The number of benzene rings is 1. The predicted molar refractivity (Wildman–Crippen MR) is 133 cm³/mol. The molecule has 1 amide bonds. The predicted octanol–water partition coefficient (Wildman–Crippen LogP) is 8.92. The van der Waals surface area contributed by atoms with E-state index < -0.39 is 9.96 Å². The largest absolute Gasteiger partial charge is 0.361 e. The van der Waals surface area contributed by atoms with Gasteiger partial charge in [0.25, 0.3) is 0 Å². The molecule has 8 heteroatoms. The lowest BCUT2D eigenvalue weighted by atomic mass is 10.1. The summed E-state index contributed by atoms with van der Waals surface area (Å²) in [5.74, 6) is -0.173. The Labute approximate surface area is 206 Å². The number of hydrogen-bond acceptors (Lipinski definition) is 2. The molecule has 0 spiro atoms. The van der Waals surface area contributed by atoms with Crippen molar-refractivity contribution in [1.29, 1.82) is 0 Å². The molecule has 1 aromatic carbocycles. The van der Waals surface area contributed by atoms with E-state index in [-0.39, 0.29) is 5.91 Å². The monoisotopic (exact) mass is 516 g/mol. The van der Waals surface area contributed by atoms with Gasteiger partial charge in [0.1, 0.15) is 6.17 Å². The van der Waals surface area contributed by atoms with Crippen molar-refractivity contribution in [3.8, 4) is 0 Å². The first-order valence-corrected chi connectivity index (χ1v) is 12.7. The number of unbranched alkanes of at least 4 members (excludes halogenated alkanes) is 10. The Morgan fingerprint density at radius 1 is 0.900 bits per heavy atom. The van der Waals surface area contributed by atoms with E-state index in [1.165, 1.54) is 51.4 Å². The lowest BCUT2D eigenvalue weighted by Crippen LogP contribution is -2.49. The van der Waals surface area contributed by atoms with E-state index in [1.807, 2.05) is 0 Å². The van der Waals surface area contributed by atoms with E-state index in [0.29, 0.717) is 22.2 Å². The number of amides is 1. The van der Waals surface area contributed by atoms with Crippen molar-refractivity contribution in [3.63, 3.8) is 0 Å². The Hall–Kier alpha value is -0.0600. The maximum Gasteiger partial charge on any atom is 0.228 e. The van der Waals surface area contributed by atoms with Gasteiger partial charge in [0, 0.05) is 11.4 Å². The molecule has 3 nitrogen and oxygen atoms in total. The minimum absolute atomic E-state index is 0.173. The van der Waals surface area contributed by atoms with Crippen molar-refractivity contribution in [2.75, 3.05) is 5.32 Å². The molecule has 0 bridgehead atoms. The summed E-state index contributed by atoms with van der Waals surface area (Å²) in [6, 6.07) is 4.91. The van der Waals surface area contributed by atoms with Gasteiger partial charge in [-0.25, -0.2) is 0 Å². The molecule has 0 aliphatic carbocycles. The second-order valence-electron chi connectivity index (χ2n) is 7.60. The highest BCUT2D eigenvalue weighted by Crippen LogP contribution is 2.33. The van der Waals surface area contributed by atoms with Gasteiger partial charge >= 0.3 is 0 Å². The van der Waals surface area contributed by atoms with Crippen LogP contribution >= 0.6 is 58.0 Å². The maximum atomic E-state index is 12.3. The first kappa shape index (κ1) is 28.0. The molecule has 0 saturated carbocycles. The summed E-state index contributed by atoms with van der Waals surface area (Å²) in [4.78, 5) is 12.3. The molecule has 0 fully saturated rings. The third kappa shape index (κ3) is 12.7. The number of carbonyl (C=O) groups excluding carboxylic acids is 1. The number of halogens is 5. The molecular formula is C22H33Cl5N2O. The van der Waals surface area contributed by atoms with E-state index in [2.05, 4.69) is 17.6 Å². The quantitative estimate of drug-likeness (QED) is 0.138. The van der Waals surface area contributed by atoms with Crippen LogP contribution in [0.5, 0.6) is 0 Å². The van der Waals surface area contributed by atoms with Gasteiger partial charge in [0.05, 0.1) is 10.7 Å². The lowest BCUT2D eigenvalue weighted by molar-refractivity contribution is -0.121. The van der Waals surface area contributed by atoms with Crippen LogP contribution in [0.2, 0.25) is 10.0 Å². The van der Waals surface area contributed by atoms with Crippen LogP contribution in [-0.4, -0.2) is 15.9 Å². The van der Waals surface area contributed by atoms with Crippen LogP contribution in [-0.2, 0) is 4.79 Å². The molecule has 1 atom stereocenters. The zero-order chi connectivity index (χ0) is 22.4. The number of anilines is 1. The summed E-state index contributed by atoms with van der Waals surface area (Å²) >= 11 is 30.2. The second kappa shape index (κ2) is 15.7. The molecule has 0 saturated heterocycles. The summed E-state index contributed by atoms with van der Waals surface area (Å²) in [6.45, 7) is 2.24. The molecule has 0 aliphatic heterocycles. The molecule has 2 N–H and O–H groups in total. The van der Waals surface area contributed by atoms with Crippen molar-refractivity contribution in [1.82, 2.24) is 5.32 Å². The van der Waals surface area contributed by atoms with Gasteiger partial charge in [-0.3, -0.25) is 4.79 Å². The van der Waals surface area contributed by atoms with Crippen LogP contribution in [0.25, 0.3) is 0 Å². The fraction of sp³-hybridized carbons (Fsp3) is 0.682. The molecular weight excluding hydrogens is 486 g/mol. The summed E-state index contributed by atoms with van der Waals surface area (Å²) in [7, 11) is 0. The van der Waals surface area contributed by atoms with Crippen LogP contribution in [0.1, 0.15) is 84.0 Å². The first-order valence-electron chi connectivity index (χ1n) is 10.8. The molecule has 30 heavy (non-hydrogen) atoms. The van der Waals surface area contributed by atoms with Crippen molar-refractivity contribution >= 4 is 69.6 Å². The standard InChI is InChI=1S/C22H33Cl5N2O/c1-2-3-4-5-6-7-8-9-10-11-12-13-20(30)29-21(22(25,26)27)28-19-16-17(23)14-15-18(19)24/h14-16,21,28H,2-13H2,1H3,(H,29,30)/t21-/m0/s1. The summed E-state index contributed by atoms with van der Waals surface area (Å²) < 4.78 is -1.75. The van der Waals surface area contributed by atoms with Crippen LogP contribution < -0.4 is 10.6 Å². The summed E-state index contributed by atoms with van der Waals surface area (Å²) in [5.41, 5.74) is 0.482. The van der Waals surface area contributed by atoms with Crippen molar-refractivity contribution in [2.45, 2.75) is 93.9 Å². The SMILES string of the molecule is CCCCCCCCCCCCCC(=O)N[C@H](Nc1cc(Cl)ccc1Cl)C(Cl)(Cl)Cl. The number of alkyl halides is 3. The van der Waals surface area contributed by atoms with Gasteiger partial charge in [-0.1, -0.05) is 129 Å². The van der Waals surface area contributed by atoms with Crippen molar-refractivity contribution < 1.29 is 4.79 Å². The molecule has 0 aromatic heterocycles. The van der Waals surface area contributed by atoms with E-state index >= 15 is 0 Å². The third-order valence-corrected chi connectivity index (χ3v) is 6.09. The average molecular weight is 519 g/mol. The number of nitrogens with one attached hydrogen (secondary N) is 2. The normalized spacial score (nSPS) is 12.6. The number of rotatable bonds is 15. The number of hydrogen-bond donors (Lipinski definition) is 2. The molecule has 0 heterocycles. The molecule has 0 unspecified atom stereocenters. The highest BCUT2D eigenvalue weighted by molar-refractivity contribution is 6.68. The topological polar surface area (TPSA) is 41.1 Å². The van der Waals surface area contributed by atoms with Gasteiger partial charge in [0.2, 0.25) is 9.70 Å². The molecule has 1 aromatic rings. The fourth-order valence-corrected chi connectivity index (χ4v) is 3.82. The Morgan fingerprint density at radius 3 is 1.97 bits per heavy atom.